The van der Waals surface area contributed by atoms with Crippen LogP contribution < -0.4 is 0 Å². The Kier molecular flexibility index (Phi) is 5.01. The van der Waals surface area contributed by atoms with Crippen molar-refractivity contribution in [1.82, 2.24) is 14.9 Å². The van der Waals surface area contributed by atoms with Gasteiger partial charge < -0.3 is 9.84 Å². The molecule has 1 saturated heterocycles. The van der Waals surface area contributed by atoms with Crippen LogP contribution in [0.5, 0.6) is 0 Å². The third-order valence-corrected chi connectivity index (χ3v) is 6.85. The van der Waals surface area contributed by atoms with Gasteiger partial charge in [0.05, 0.1) is 6.61 Å². The quantitative estimate of drug-likeness (QED) is 0.866. The van der Waals surface area contributed by atoms with Gasteiger partial charge >= 0.3 is 5.97 Å². The molecule has 0 aromatic carbocycles. The van der Waals surface area contributed by atoms with Crippen LogP contribution in [-0.2, 0) is 23.3 Å². The topological polar surface area (TPSA) is 75.6 Å². The normalized spacial score (nSPS) is 19.4. The van der Waals surface area contributed by atoms with E-state index in [9.17, 15) is 9.90 Å². The Morgan fingerprint density at radius 2 is 2.04 bits per heavy atom. The largest absolute Gasteiger partial charge is 0.477 e. The van der Waals surface area contributed by atoms with Crippen molar-refractivity contribution in [3.63, 3.8) is 0 Å². The van der Waals surface area contributed by atoms with Crippen LogP contribution in [0.4, 0.5) is 0 Å². The number of hydrogen-bond donors (Lipinski definition) is 1. The van der Waals surface area contributed by atoms with Crippen LogP contribution in [0.3, 0.4) is 0 Å². The van der Waals surface area contributed by atoms with Crippen molar-refractivity contribution in [2.45, 2.75) is 51.2 Å². The molecule has 0 unspecified atom stereocenters. The third-order valence-electron chi connectivity index (χ3n) is 5.49. The maximum Gasteiger partial charge on any atom is 0.345 e. The van der Waals surface area contributed by atoms with Gasteiger partial charge in [0.1, 0.15) is 16.3 Å². The second kappa shape index (κ2) is 7.30. The van der Waals surface area contributed by atoms with Gasteiger partial charge in [-0.3, -0.25) is 4.90 Å². The fourth-order valence-corrected chi connectivity index (χ4v) is 5.22. The van der Waals surface area contributed by atoms with Crippen molar-refractivity contribution in [3.05, 3.63) is 45.2 Å². The fraction of sp³-hybridized carbons (Fsp3) is 0.550. The first kappa shape index (κ1) is 18.5. The highest BCUT2D eigenvalue weighted by Crippen LogP contribution is 2.45. The minimum absolute atomic E-state index is 0.305. The summed E-state index contributed by atoms with van der Waals surface area (Å²) < 4.78 is 6.23. The molecule has 1 spiro atoms. The smallest absolute Gasteiger partial charge is 0.345 e. The number of rotatable bonds is 4. The first-order chi connectivity index (χ1) is 13.0. The summed E-state index contributed by atoms with van der Waals surface area (Å²) in [5.74, 6) is 0.381. The van der Waals surface area contributed by atoms with E-state index in [1.807, 2.05) is 18.5 Å². The standard InChI is InChI=1S/C20H25N3O3S/c1-13(2)18-21-10-14(11-22-18)12-23-6-4-20(5-7-23)17-15(3-8-26-20)9-16(27-17)19(24)25/h9-11,13H,3-8,12H2,1-2H3,(H,24,25). The maximum atomic E-state index is 11.4. The van der Waals surface area contributed by atoms with E-state index in [0.717, 1.165) is 60.7 Å². The van der Waals surface area contributed by atoms with Crippen LogP contribution in [0.25, 0.3) is 0 Å². The molecule has 0 atom stereocenters. The van der Waals surface area contributed by atoms with Gasteiger partial charge in [0.2, 0.25) is 0 Å². The number of aromatic nitrogens is 2. The van der Waals surface area contributed by atoms with Gasteiger partial charge in [0, 0.05) is 48.4 Å². The van der Waals surface area contributed by atoms with Crippen molar-refractivity contribution in [1.29, 1.82) is 0 Å². The Morgan fingerprint density at radius 3 is 2.67 bits per heavy atom. The molecule has 2 aromatic rings. The highest BCUT2D eigenvalue weighted by Gasteiger charge is 2.42. The highest BCUT2D eigenvalue weighted by molar-refractivity contribution is 7.14. The number of likely N-dealkylation sites (tertiary alicyclic amines) is 1. The molecule has 27 heavy (non-hydrogen) atoms. The van der Waals surface area contributed by atoms with Crippen molar-refractivity contribution in [2.24, 2.45) is 0 Å². The van der Waals surface area contributed by atoms with E-state index in [1.165, 1.54) is 11.3 Å². The van der Waals surface area contributed by atoms with E-state index in [1.54, 1.807) is 0 Å². The number of hydrogen-bond acceptors (Lipinski definition) is 6. The van der Waals surface area contributed by atoms with E-state index >= 15 is 0 Å². The lowest BCUT2D eigenvalue weighted by molar-refractivity contribution is -0.0960. The Morgan fingerprint density at radius 1 is 1.33 bits per heavy atom. The highest BCUT2D eigenvalue weighted by atomic mass is 32.1. The maximum absolute atomic E-state index is 11.4. The second-order valence-electron chi connectivity index (χ2n) is 7.74. The van der Waals surface area contributed by atoms with E-state index < -0.39 is 5.97 Å². The number of aromatic carboxylic acids is 1. The van der Waals surface area contributed by atoms with Crippen molar-refractivity contribution in [2.75, 3.05) is 19.7 Å². The van der Waals surface area contributed by atoms with E-state index in [-0.39, 0.29) is 5.60 Å². The zero-order valence-corrected chi connectivity index (χ0v) is 16.6. The average molecular weight is 388 g/mol. The lowest BCUT2D eigenvalue weighted by Crippen LogP contribution is -2.45. The molecule has 6 nitrogen and oxygen atoms in total. The number of fused-ring (bicyclic) bond motifs is 2. The molecule has 0 saturated carbocycles. The van der Waals surface area contributed by atoms with Crippen molar-refractivity contribution in [3.8, 4) is 0 Å². The van der Waals surface area contributed by atoms with E-state index in [2.05, 4.69) is 28.7 Å². The van der Waals surface area contributed by atoms with E-state index in [4.69, 9.17) is 4.74 Å². The summed E-state index contributed by atoms with van der Waals surface area (Å²) in [6, 6.07) is 1.84. The summed E-state index contributed by atoms with van der Waals surface area (Å²) in [5, 5.41) is 9.33. The molecule has 144 valence electrons. The summed E-state index contributed by atoms with van der Waals surface area (Å²) in [6.07, 6.45) is 6.46. The van der Waals surface area contributed by atoms with Gasteiger partial charge in [-0.15, -0.1) is 11.3 Å². The summed E-state index contributed by atoms with van der Waals surface area (Å²) in [5.41, 5.74) is 1.99. The molecule has 2 aromatic heterocycles. The number of nitrogens with zero attached hydrogens (tertiary/aromatic N) is 3. The molecule has 2 aliphatic heterocycles. The van der Waals surface area contributed by atoms with Crippen LogP contribution in [-0.4, -0.2) is 45.6 Å². The number of thiophene rings is 1. The fourth-order valence-electron chi connectivity index (χ4n) is 3.97. The first-order valence-corrected chi connectivity index (χ1v) is 10.3. The molecule has 1 N–H and O–H groups in total. The predicted octanol–water partition coefficient (Wildman–Crippen LogP) is 3.42. The van der Waals surface area contributed by atoms with E-state index in [0.29, 0.717) is 17.4 Å². The molecular weight excluding hydrogens is 362 g/mol. The minimum atomic E-state index is -0.841. The van der Waals surface area contributed by atoms with Crippen molar-refractivity contribution >= 4 is 17.3 Å². The van der Waals surface area contributed by atoms with Gasteiger partial charge in [0.25, 0.3) is 0 Å². The molecule has 1 fully saturated rings. The lowest BCUT2D eigenvalue weighted by Gasteiger charge is -2.43. The Bertz CT molecular complexity index is 823. The number of ether oxygens (including phenoxy) is 1. The van der Waals surface area contributed by atoms with Crippen LogP contribution in [0.15, 0.2) is 18.5 Å². The molecule has 4 rings (SSSR count). The summed E-state index contributed by atoms with van der Waals surface area (Å²) in [6.45, 7) is 7.55. The van der Waals surface area contributed by atoms with Gasteiger partial charge in [-0.1, -0.05) is 13.8 Å². The molecule has 0 bridgehead atoms. The number of carbonyl (C=O) groups is 1. The van der Waals surface area contributed by atoms with Gasteiger partial charge in [-0.2, -0.15) is 0 Å². The summed E-state index contributed by atoms with van der Waals surface area (Å²) >= 11 is 1.40. The summed E-state index contributed by atoms with van der Waals surface area (Å²) in [4.78, 5) is 24.2. The lowest BCUT2D eigenvalue weighted by atomic mass is 9.85. The third kappa shape index (κ3) is 3.63. The van der Waals surface area contributed by atoms with Crippen molar-refractivity contribution < 1.29 is 14.6 Å². The van der Waals surface area contributed by atoms with Crippen LogP contribution in [0.1, 0.15) is 64.1 Å². The van der Waals surface area contributed by atoms with Gasteiger partial charge in [0.15, 0.2) is 0 Å². The Hall–Kier alpha value is -1.83. The molecular formula is C20H25N3O3S. The second-order valence-corrected chi connectivity index (χ2v) is 8.80. The first-order valence-electron chi connectivity index (χ1n) is 9.50. The van der Waals surface area contributed by atoms with Gasteiger partial charge in [-0.05, 0) is 30.9 Å². The summed E-state index contributed by atoms with van der Waals surface area (Å²) in [7, 11) is 0. The zero-order chi connectivity index (χ0) is 19.0. The number of carboxylic acids is 1. The van der Waals surface area contributed by atoms with Crippen LogP contribution in [0, 0.1) is 0 Å². The Labute approximate surface area is 163 Å². The zero-order valence-electron chi connectivity index (χ0n) is 15.8. The van der Waals surface area contributed by atoms with Crippen LogP contribution >= 0.6 is 11.3 Å². The number of piperidine rings is 1. The predicted molar refractivity (Wildman–Crippen MR) is 103 cm³/mol. The average Bonchev–Trinajstić information content (AvgIpc) is 3.11. The SMILES string of the molecule is CC(C)c1ncc(CN2CCC3(CC2)OCCc2cc(C(=O)O)sc23)cn1. The monoisotopic (exact) mass is 387 g/mol. The molecule has 0 aliphatic carbocycles. The van der Waals surface area contributed by atoms with Crippen LogP contribution in [0.2, 0.25) is 0 Å². The molecule has 0 radical (unpaired) electrons. The van der Waals surface area contributed by atoms with Gasteiger partial charge in [-0.25, -0.2) is 14.8 Å². The number of carboxylic acid groups (broad SMARTS) is 1. The Balaban J connectivity index is 1.44. The molecule has 4 heterocycles. The molecule has 2 aliphatic rings. The molecule has 7 heteroatoms. The molecule has 0 amide bonds. The minimum Gasteiger partial charge on any atom is -0.477 e.